The summed E-state index contributed by atoms with van der Waals surface area (Å²) in [5.41, 5.74) is 4.28. The summed E-state index contributed by atoms with van der Waals surface area (Å²) in [6.07, 6.45) is 0. The highest BCUT2D eigenvalue weighted by atomic mass is 35.5. The normalized spacial score (nSPS) is 15.1. The lowest BCUT2D eigenvalue weighted by Gasteiger charge is -2.35. The molecule has 0 saturated carbocycles. The number of carbonyl (C=O) groups is 1. The van der Waals surface area contributed by atoms with Crippen LogP contribution in [-0.2, 0) is 11.8 Å². The first-order valence-electron chi connectivity index (χ1n) is 9.63. The Labute approximate surface area is 173 Å². The van der Waals surface area contributed by atoms with Crippen molar-refractivity contribution in [3.8, 4) is 0 Å². The van der Waals surface area contributed by atoms with E-state index in [1.807, 2.05) is 25.1 Å². The minimum Gasteiger partial charge on any atom is -0.369 e. The quantitative estimate of drug-likeness (QED) is 0.689. The third-order valence-corrected chi connectivity index (χ3v) is 5.86. The highest BCUT2D eigenvalue weighted by Crippen LogP contribution is 2.23. The lowest BCUT2D eigenvalue weighted by Crippen LogP contribution is -2.48. The van der Waals surface area contributed by atoms with Crippen molar-refractivity contribution >= 4 is 39.9 Å². The molecule has 1 aliphatic rings. The van der Waals surface area contributed by atoms with Gasteiger partial charge in [-0.2, -0.15) is 0 Å². The van der Waals surface area contributed by atoms with Crippen molar-refractivity contribution in [1.29, 1.82) is 0 Å². The monoisotopic (exact) mass is 413 g/mol. The van der Waals surface area contributed by atoms with Crippen LogP contribution in [0.15, 0.2) is 41.2 Å². The average Bonchev–Trinajstić information content (AvgIpc) is 2.98. The highest BCUT2D eigenvalue weighted by Gasteiger charge is 2.19. The standard InChI is InChI=1S/C21H24ClN5O2/c1-14-11-16(4-5-17(14)22)27-9-7-26(8-10-27)13-20(28)23-15-3-6-18-19(12-15)25(2)21(29)24-18/h3-6,11-12H,7-10,13H2,1-2H3,(H,23,28)(H,24,29). The van der Waals surface area contributed by atoms with E-state index in [0.29, 0.717) is 12.2 Å². The van der Waals surface area contributed by atoms with Crippen LogP contribution in [0.2, 0.25) is 5.02 Å². The van der Waals surface area contributed by atoms with Gasteiger partial charge in [0.2, 0.25) is 5.91 Å². The zero-order valence-electron chi connectivity index (χ0n) is 16.5. The molecule has 152 valence electrons. The lowest BCUT2D eigenvalue weighted by molar-refractivity contribution is -0.117. The van der Waals surface area contributed by atoms with Gasteiger partial charge in [0.1, 0.15) is 0 Å². The Morgan fingerprint density at radius 2 is 1.90 bits per heavy atom. The number of imidazole rings is 1. The van der Waals surface area contributed by atoms with Crippen LogP contribution in [0.1, 0.15) is 5.56 Å². The van der Waals surface area contributed by atoms with Gasteiger partial charge in [0.25, 0.3) is 0 Å². The molecule has 0 unspecified atom stereocenters. The van der Waals surface area contributed by atoms with Crippen LogP contribution < -0.4 is 15.9 Å². The van der Waals surface area contributed by atoms with E-state index in [2.05, 4.69) is 26.2 Å². The summed E-state index contributed by atoms with van der Waals surface area (Å²) in [5.74, 6) is -0.0549. The molecule has 4 rings (SSSR count). The topological polar surface area (TPSA) is 73.4 Å². The Hall–Kier alpha value is -2.77. The molecule has 1 saturated heterocycles. The molecule has 0 radical (unpaired) electrons. The van der Waals surface area contributed by atoms with Crippen LogP contribution in [-0.4, -0.2) is 53.1 Å². The molecule has 7 nitrogen and oxygen atoms in total. The summed E-state index contributed by atoms with van der Waals surface area (Å²) in [5, 5.41) is 3.72. The van der Waals surface area contributed by atoms with E-state index in [0.717, 1.165) is 47.8 Å². The zero-order chi connectivity index (χ0) is 20.5. The van der Waals surface area contributed by atoms with Crippen molar-refractivity contribution < 1.29 is 4.79 Å². The molecule has 2 N–H and O–H groups in total. The van der Waals surface area contributed by atoms with E-state index >= 15 is 0 Å². The van der Waals surface area contributed by atoms with Gasteiger partial charge in [0.05, 0.1) is 17.6 Å². The number of nitrogens with zero attached hydrogens (tertiary/aromatic N) is 3. The predicted octanol–water partition coefficient (Wildman–Crippen LogP) is 2.59. The van der Waals surface area contributed by atoms with Gasteiger partial charge in [-0.1, -0.05) is 11.6 Å². The van der Waals surface area contributed by atoms with Crippen LogP contribution in [0.3, 0.4) is 0 Å². The maximum Gasteiger partial charge on any atom is 0.326 e. The van der Waals surface area contributed by atoms with Gasteiger partial charge in [-0.05, 0) is 48.9 Å². The van der Waals surface area contributed by atoms with Crippen LogP contribution in [0.5, 0.6) is 0 Å². The van der Waals surface area contributed by atoms with Gasteiger partial charge in [0, 0.05) is 49.6 Å². The maximum absolute atomic E-state index is 12.5. The molecule has 0 bridgehead atoms. The summed E-state index contributed by atoms with van der Waals surface area (Å²) < 4.78 is 1.53. The maximum atomic E-state index is 12.5. The van der Waals surface area contributed by atoms with E-state index in [1.165, 1.54) is 10.3 Å². The first kappa shape index (κ1) is 19.5. The van der Waals surface area contributed by atoms with Gasteiger partial charge < -0.3 is 15.2 Å². The molecule has 1 aliphatic heterocycles. The second kappa shape index (κ2) is 7.93. The molecular formula is C21H24ClN5O2. The Kier molecular flexibility index (Phi) is 5.34. The van der Waals surface area contributed by atoms with Crippen LogP contribution in [0.25, 0.3) is 11.0 Å². The Morgan fingerprint density at radius 3 is 2.62 bits per heavy atom. The fraction of sp³-hybridized carbons (Fsp3) is 0.333. The molecule has 1 amide bonds. The predicted molar refractivity (Wildman–Crippen MR) is 117 cm³/mol. The Morgan fingerprint density at radius 1 is 1.14 bits per heavy atom. The van der Waals surface area contributed by atoms with Crippen LogP contribution in [0, 0.1) is 6.92 Å². The van der Waals surface area contributed by atoms with Gasteiger partial charge in [-0.25, -0.2) is 4.79 Å². The number of aromatic amines is 1. The number of hydrogen-bond acceptors (Lipinski definition) is 4. The molecule has 0 spiro atoms. The van der Waals surface area contributed by atoms with Crippen molar-refractivity contribution in [2.75, 3.05) is 42.9 Å². The third kappa shape index (κ3) is 4.16. The van der Waals surface area contributed by atoms with Crippen molar-refractivity contribution in [2.45, 2.75) is 6.92 Å². The van der Waals surface area contributed by atoms with E-state index in [1.54, 1.807) is 19.2 Å². The molecular weight excluding hydrogens is 390 g/mol. The summed E-state index contributed by atoms with van der Waals surface area (Å²) in [6.45, 7) is 5.73. The van der Waals surface area contributed by atoms with Crippen molar-refractivity contribution in [2.24, 2.45) is 7.05 Å². The molecule has 8 heteroatoms. The fourth-order valence-corrected chi connectivity index (χ4v) is 3.81. The molecule has 29 heavy (non-hydrogen) atoms. The molecule has 3 aromatic rings. The van der Waals surface area contributed by atoms with Crippen molar-refractivity contribution in [1.82, 2.24) is 14.5 Å². The Bertz CT molecular complexity index is 1110. The molecule has 0 atom stereocenters. The zero-order valence-corrected chi connectivity index (χ0v) is 17.3. The first-order valence-corrected chi connectivity index (χ1v) is 10.0. The number of benzene rings is 2. The van der Waals surface area contributed by atoms with Crippen molar-refractivity contribution in [3.05, 3.63) is 57.5 Å². The van der Waals surface area contributed by atoms with Gasteiger partial charge in [-0.3, -0.25) is 14.3 Å². The van der Waals surface area contributed by atoms with E-state index in [4.69, 9.17) is 11.6 Å². The summed E-state index contributed by atoms with van der Waals surface area (Å²) >= 11 is 6.12. The largest absolute Gasteiger partial charge is 0.369 e. The second-order valence-electron chi connectivity index (χ2n) is 7.47. The van der Waals surface area contributed by atoms with Crippen molar-refractivity contribution in [3.63, 3.8) is 0 Å². The number of aryl methyl sites for hydroxylation is 2. The first-order chi connectivity index (χ1) is 13.9. The number of piperazine rings is 1. The molecule has 2 heterocycles. The fourth-order valence-electron chi connectivity index (χ4n) is 3.69. The lowest BCUT2D eigenvalue weighted by atomic mass is 10.2. The van der Waals surface area contributed by atoms with E-state index < -0.39 is 0 Å². The number of H-pyrrole nitrogens is 1. The van der Waals surface area contributed by atoms with Gasteiger partial charge in [-0.15, -0.1) is 0 Å². The Balaban J connectivity index is 1.33. The second-order valence-corrected chi connectivity index (χ2v) is 7.87. The number of rotatable bonds is 4. The number of hydrogen-bond donors (Lipinski definition) is 2. The molecule has 1 aromatic heterocycles. The van der Waals surface area contributed by atoms with Crippen LogP contribution >= 0.6 is 11.6 Å². The number of halogens is 1. The minimum atomic E-state index is -0.169. The average molecular weight is 414 g/mol. The molecule has 2 aromatic carbocycles. The highest BCUT2D eigenvalue weighted by molar-refractivity contribution is 6.31. The number of aromatic nitrogens is 2. The number of anilines is 2. The number of nitrogens with one attached hydrogen (secondary N) is 2. The van der Waals surface area contributed by atoms with Crippen LogP contribution in [0.4, 0.5) is 11.4 Å². The number of amides is 1. The molecule has 1 fully saturated rings. The van der Waals surface area contributed by atoms with Gasteiger partial charge in [0.15, 0.2) is 0 Å². The minimum absolute atomic E-state index is 0.0549. The summed E-state index contributed by atoms with van der Waals surface area (Å²) in [6, 6.07) is 11.5. The summed E-state index contributed by atoms with van der Waals surface area (Å²) in [4.78, 5) is 31.4. The van der Waals surface area contributed by atoms with E-state index in [9.17, 15) is 9.59 Å². The smallest absolute Gasteiger partial charge is 0.326 e. The SMILES string of the molecule is Cc1cc(N2CCN(CC(=O)Nc3ccc4[nH]c(=O)n(C)c4c3)CC2)ccc1Cl. The summed E-state index contributed by atoms with van der Waals surface area (Å²) in [7, 11) is 1.70. The van der Waals surface area contributed by atoms with Gasteiger partial charge >= 0.3 is 5.69 Å². The number of fused-ring (bicyclic) bond motifs is 1. The third-order valence-electron chi connectivity index (χ3n) is 5.44. The van der Waals surface area contributed by atoms with E-state index in [-0.39, 0.29) is 11.6 Å². The molecule has 0 aliphatic carbocycles. The number of carbonyl (C=O) groups excluding carboxylic acids is 1.